The third kappa shape index (κ3) is 3.39. The van der Waals surface area contributed by atoms with Crippen molar-refractivity contribution in [3.63, 3.8) is 0 Å². The Morgan fingerprint density at radius 2 is 1.83 bits per heavy atom. The van der Waals surface area contributed by atoms with Gasteiger partial charge >= 0.3 is 7.12 Å². The lowest BCUT2D eigenvalue weighted by molar-refractivity contribution is 0.00578. The van der Waals surface area contributed by atoms with E-state index >= 15 is 0 Å². The minimum absolute atomic E-state index is 0.0185. The predicted octanol–water partition coefficient (Wildman–Crippen LogP) is 3.04. The first-order valence-corrected chi connectivity index (χ1v) is 7.55. The van der Waals surface area contributed by atoms with Crippen LogP contribution in [0.25, 0.3) is 6.08 Å². The zero-order valence-electron chi connectivity index (χ0n) is 14.1. The highest BCUT2D eigenvalue weighted by molar-refractivity contribution is 6.55. The lowest BCUT2D eigenvalue weighted by Crippen LogP contribution is -2.41. The summed E-state index contributed by atoms with van der Waals surface area (Å²) in [4.78, 5) is 11.4. The summed E-state index contributed by atoms with van der Waals surface area (Å²) in [5, 5.41) is 9.64. The number of Topliss-reactive ketones (excluding diaryl/α,β-unsaturated/α-hetero) is 1. The summed E-state index contributed by atoms with van der Waals surface area (Å²) < 4.78 is 26.1. The number of halogens is 1. The largest absolute Gasteiger partial charge is 0.492 e. The third-order valence-electron chi connectivity index (χ3n) is 4.49. The Bertz CT molecular complexity index is 636. The molecule has 0 radical (unpaired) electrons. The Labute approximate surface area is 136 Å². The van der Waals surface area contributed by atoms with E-state index in [0.717, 1.165) is 0 Å². The van der Waals surface area contributed by atoms with E-state index in [1.807, 2.05) is 27.7 Å². The van der Waals surface area contributed by atoms with E-state index < -0.39 is 24.1 Å². The number of aliphatic hydroxyl groups is 1. The standard InChI is InChI=1S/C17H22BFO4/c1-11(21)14-8-6-7-12(15(14)19)9-13(10-20)18-22-16(2,3)17(4,5)23-18/h6-9,20H,10H2,1-5H3. The molecule has 0 aliphatic carbocycles. The summed E-state index contributed by atoms with van der Waals surface area (Å²) >= 11 is 0. The summed E-state index contributed by atoms with van der Waals surface area (Å²) in [6, 6.07) is 4.58. The van der Waals surface area contributed by atoms with Crippen LogP contribution in [-0.4, -0.2) is 35.8 Å². The van der Waals surface area contributed by atoms with Gasteiger partial charge in [0.25, 0.3) is 0 Å². The number of hydrogen-bond acceptors (Lipinski definition) is 4. The van der Waals surface area contributed by atoms with E-state index in [2.05, 4.69) is 0 Å². The molecule has 6 heteroatoms. The monoisotopic (exact) mass is 320 g/mol. The van der Waals surface area contributed by atoms with Crippen molar-refractivity contribution in [3.05, 3.63) is 40.6 Å². The minimum Gasteiger partial charge on any atom is -0.400 e. The van der Waals surface area contributed by atoms with Crippen LogP contribution < -0.4 is 0 Å². The van der Waals surface area contributed by atoms with Crippen LogP contribution in [0.1, 0.15) is 50.5 Å². The quantitative estimate of drug-likeness (QED) is 0.684. The Morgan fingerprint density at radius 1 is 1.26 bits per heavy atom. The Kier molecular flexibility index (Phi) is 4.80. The smallest absolute Gasteiger partial charge is 0.400 e. The Hall–Kier alpha value is -1.50. The van der Waals surface area contributed by atoms with Crippen LogP contribution in [0.4, 0.5) is 4.39 Å². The van der Waals surface area contributed by atoms with Crippen molar-refractivity contribution in [2.75, 3.05) is 6.61 Å². The van der Waals surface area contributed by atoms with Gasteiger partial charge in [0.2, 0.25) is 0 Å². The second-order valence-corrected chi connectivity index (χ2v) is 6.73. The number of hydrogen-bond donors (Lipinski definition) is 1. The maximum atomic E-state index is 14.4. The zero-order chi connectivity index (χ0) is 17.4. The van der Waals surface area contributed by atoms with E-state index in [9.17, 15) is 14.3 Å². The van der Waals surface area contributed by atoms with Gasteiger partial charge in [-0.2, -0.15) is 0 Å². The second-order valence-electron chi connectivity index (χ2n) is 6.73. The van der Waals surface area contributed by atoms with Gasteiger partial charge in [0.05, 0.1) is 23.4 Å². The topological polar surface area (TPSA) is 55.8 Å². The van der Waals surface area contributed by atoms with Gasteiger partial charge in [0.1, 0.15) is 5.82 Å². The first-order valence-electron chi connectivity index (χ1n) is 7.55. The molecule has 1 aliphatic rings. The van der Waals surface area contributed by atoms with Crippen LogP contribution in [-0.2, 0) is 9.31 Å². The van der Waals surface area contributed by atoms with Gasteiger partial charge in [0, 0.05) is 5.56 Å². The molecule has 0 amide bonds. The van der Waals surface area contributed by atoms with Gasteiger partial charge in [-0.25, -0.2) is 4.39 Å². The molecule has 1 aliphatic heterocycles. The fraction of sp³-hybridized carbons (Fsp3) is 0.471. The summed E-state index contributed by atoms with van der Waals surface area (Å²) in [7, 11) is -0.759. The van der Waals surface area contributed by atoms with Crippen molar-refractivity contribution in [3.8, 4) is 0 Å². The molecule has 2 rings (SSSR count). The van der Waals surface area contributed by atoms with Gasteiger partial charge in [-0.1, -0.05) is 18.2 Å². The van der Waals surface area contributed by atoms with E-state index in [-0.39, 0.29) is 23.5 Å². The molecule has 1 aromatic rings. The molecule has 1 N–H and O–H groups in total. The number of carbonyl (C=O) groups excluding carboxylic acids is 1. The van der Waals surface area contributed by atoms with Crippen LogP contribution in [0.15, 0.2) is 23.7 Å². The first kappa shape index (κ1) is 17.9. The Morgan fingerprint density at radius 3 is 2.30 bits per heavy atom. The number of carbonyl (C=O) groups is 1. The zero-order valence-corrected chi connectivity index (χ0v) is 14.1. The molecule has 124 valence electrons. The first-order chi connectivity index (χ1) is 10.6. The lowest BCUT2D eigenvalue weighted by atomic mass is 9.77. The molecule has 0 aromatic heterocycles. The van der Waals surface area contributed by atoms with Gasteiger partial charge < -0.3 is 14.4 Å². The van der Waals surface area contributed by atoms with Crippen molar-refractivity contribution >= 4 is 19.0 Å². The van der Waals surface area contributed by atoms with Gasteiger partial charge in [-0.3, -0.25) is 4.79 Å². The summed E-state index contributed by atoms with van der Waals surface area (Å²) in [6.07, 6.45) is 1.48. The molecular formula is C17H22BFO4. The molecule has 1 fully saturated rings. The molecule has 1 heterocycles. The number of rotatable bonds is 4. The molecule has 0 saturated carbocycles. The molecule has 4 nitrogen and oxygen atoms in total. The summed E-state index contributed by atoms with van der Waals surface area (Å²) in [6.45, 7) is 8.59. The van der Waals surface area contributed by atoms with E-state index in [1.54, 1.807) is 12.1 Å². The van der Waals surface area contributed by atoms with Gasteiger partial charge in [-0.05, 0) is 46.2 Å². The van der Waals surface area contributed by atoms with Crippen LogP contribution in [0.5, 0.6) is 0 Å². The van der Waals surface area contributed by atoms with Crippen molar-refractivity contribution in [1.82, 2.24) is 0 Å². The number of aliphatic hydroxyl groups excluding tert-OH is 1. The van der Waals surface area contributed by atoms with Crippen LogP contribution in [0.3, 0.4) is 0 Å². The molecule has 23 heavy (non-hydrogen) atoms. The highest BCUT2D eigenvalue weighted by Gasteiger charge is 2.52. The summed E-state index contributed by atoms with van der Waals surface area (Å²) in [5.74, 6) is -0.957. The molecule has 0 spiro atoms. The van der Waals surface area contributed by atoms with Crippen molar-refractivity contribution in [2.45, 2.75) is 45.8 Å². The average Bonchev–Trinajstić information content (AvgIpc) is 2.65. The lowest BCUT2D eigenvalue weighted by Gasteiger charge is -2.32. The minimum atomic E-state index is -0.759. The molecule has 0 bridgehead atoms. The summed E-state index contributed by atoms with van der Waals surface area (Å²) in [5.41, 5.74) is -0.457. The molecule has 1 saturated heterocycles. The fourth-order valence-electron chi connectivity index (χ4n) is 2.32. The molecular weight excluding hydrogens is 298 g/mol. The van der Waals surface area contributed by atoms with Crippen LogP contribution in [0.2, 0.25) is 0 Å². The van der Waals surface area contributed by atoms with Crippen molar-refractivity contribution in [1.29, 1.82) is 0 Å². The van der Waals surface area contributed by atoms with Gasteiger partial charge in [0.15, 0.2) is 5.78 Å². The maximum absolute atomic E-state index is 14.4. The average molecular weight is 320 g/mol. The van der Waals surface area contributed by atoms with E-state index in [0.29, 0.717) is 5.47 Å². The highest BCUT2D eigenvalue weighted by atomic mass is 19.1. The van der Waals surface area contributed by atoms with Crippen LogP contribution >= 0.6 is 0 Å². The second kappa shape index (κ2) is 6.19. The SMILES string of the molecule is CC(=O)c1cccc(C=C(CO)B2OC(C)(C)C(C)(C)O2)c1F. The van der Waals surface area contributed by atoms with Crippen LogP contribution in [0, 0.1) is 5.82 Å². The normalized spacial score (nSPS) is 20.0. The third-order valence-corrected chi connectivity index (χ3v) is 4.49. The number of ketones is 1. The molecule has 1 aromatic carbocycles. The molecule has 0 atom stereocenters. The van der Waals surface area contributed by atoms with Gasteiger partial charge in [-0.15, -0.1) is 0 Å². The van der Waals surface area contributed by atoms with E-state index in [1.165, 1.54) is 19.1 Å². The van der Waals surface area contributed by atoms with E-state index in [4.69, 9.17) is 9.31 Å². The predicted molar refractivity (Wildman–Crippen MR) is 87.5 cm³/mol. The highest BCUT2D eigenvalue weighted by Crippen LogP contribution is 2.38. The molecule has 0 unspecified atom stereocenters. The van der Waals surface area contributed by atoms with Crippen molar-refractivity contribution < 1.29 is 23.6 Å². The maximum Gasteiger partial charge on any atom is 0.492 e. The Balaban J connectivity index is 2.38. The number of benzene rings is 1. The van der Waals surface area contributed by atoms with Crippen molar-refractivity contribution in [2.24, 2.45) is 0 Å². The fourth-order valence-corrected chi connectivity index (χ4v) is 2.32.